The smallest absolute Gasteiger partial charge is 0.0301 e. The second-order valence-corrected chi connectivity index (χ2v) is 3.75. The minimum absolute atomic E-state index is 0. The van der Waals surface area contributed by atoms with Gasteiger partial charge in [-0.05, 0) is 18.0 Å². The van der Waals surface area contributed by atoms with E-state index in [1.807, 2.05) is 13.8 Å². The molecule has 4 nitrogen and oxygen atoms in total. The zero-order valence-electron chi connectivity index (χ0n) is 10.5. The van der Waals surface area contributed by atoms with Crippen LogP contribution in [0.5, 0.6) is 0 Å². The molecule has 0 N–H and O–H groups in total. The van der Waals surface area contributed by atoms with E-state index in [0.717, 1.165) is 24.2 Å². The van der Waals surface area contributed by atoms with Crippen molar-refractivity contribution in [3.8, 4) is 0 Å². The molecule has 1 heterocycles. The monoisotopic (exact) mass is 477 g/mol. The van der Waals surface area contributed by atoms with Gasteiger partial charge in [0.1, 0.15) is 0 Å². The van der Waals surface area contributed by atoms with Crippen molar-refractivity contribution in [3.63, 3.8) is 0 Å². The molecule has 1 aromatic heterocycles. The van der Waals surface area contributed by atoms with Gasteiger partial charge in [0.15, 0.2) is 0 Å². The van der Waals surface area contributed by atoms with Gasteiger partial charge < -0.3 is 21.9 Å². The second-order valence-electron chi connectivity index (χ2n) is 3.75. The van der Waals surface area contributed by atoms with Crippen LogP contribution in [0.2, 0.25) is 0 Å². The molecule has 0 aliphatic carbocycles. The molecule has 0 aliphatic rings. The summed E-state index contributed by atoms with van der Waals surface area (Å²) in [5.74, 6) is 0.385. The first-order chi connectivity index (χ1) is 7.17. The Balaban J connectivity index is 0. The van der Waals surface area contributed by atoms with Crippen molar-refractivity contribution in [1.29, 1.82) is 0 Å². The molecule has 17 heavy (non-hydrogen) atoms. The molecule has 1 radical (unpaired) electrons. The number of hydrogen-bond donors (Lipinski definition) is 0. The van der Waals surface area contributed by atoms with Crippen LogP contribution in [0.15, 0.2) is 5.11 Å². The zero-order chi connectivity index (χ0) is 11.3. The first-order valence-corrected chi connectivity index (χ1v) is 5.16. The maximum absolute atomic E-state index is 8.27. The van der Waals surface area contributed by atoms with Crippen LogP contribution in [0.4, 0.5) is 0 Å². The molecule has 1 rings (SSSR count). The Labute approximate surface area is 142 Å². The summed E-state index contributed by atoms with van der Waals surface area (Å²) in [7, 11) is 0. The van der Waals surface area contributed by atoms with E-state index in [1.165, 1.54) is 0 Å². The number of aromatic nitrogens is 1. The van der Waals surface area contributed by atoms with Gasteiger partial charge >= 0.3 is 0 Å². The van der Waals surface area contributed by atoms with Crippen molar-refractivity contribution < 1.29 is 53.8 Å². The van der Waals surface area contributed by atoms with E-state index in [9.17, 15) is 0 Å². The van der Waals surface area contributed by atoms with Gasteiger partial charge in [0.25, 0.3) is 0 Å². The van der Waals surface area contributed by atoms with Crippen LogP contribution in [0.3, 0.4) is 0 Å². The van der Waals surface area contributed by atoms with Crippen LogP contribution >= 0.6 is 0 Å². The van der Waals surface area contributed by atoms with E-state index in [2.05, 4.69) is 33.8 Å². The molecule has 1 unspecified atom stereocenters. The Morgan fingerprint density at radius 2 is 2.12 bits per heavy atom. The van der Waals surface area contributed by atoms with Gasteiger partial charge in [-0.1, -0.05) is 25.4 Å². The number of hydrogen-bond acceptors (Lipinski definition) is 1. The van der Waals surface area contributed by atoms with Crippen LogP contribution in [0.25, 0.3) is 10.4 Å². The van der Waals surface area contributed by atoms with Gasteiger partial charge in [-0.15, -0.1) is 6.92 Å². The predicted octanol–water partition coefficient (Wildman–Crippen LogP) is 3.04. The SMILES string of the molecule is CCC(CN=[N+]=[N-])Cn1[c-]c(C)[c-]c1C.[W].[Y]. The minimum atomic E-state index is 0. The molecule has 1 aromatic rings. The third kappa shape index (κ3) is 6.76. The largest absolute Gasteiger partial charge is 0.592 e. The van der Waals surface area contributed by atoms with Crippen molar-refractivity contribution in [3.05, 3.63) is 34.0 Å². The molecule has 6 heteroatoms. The fraction of sp³-hybridized carbons (Fsp3) is 0.636. The summed E-state index contributed by atoms with van der Waals surface area (Å²) in [5.41, 5.74) is 10.4. The molecular formula is C11H16N4WY-2. The summed E-state index contributed by atoms with van der Waals surface area (Å²) in [5, 5.41) is 3.62. The maximum atomic E-state index is 8.27. The van der Waals surface area contributed by atoms with E-state index in [0.29, 0.717) is 12.5 Å². The first-order valence-electron chi connectivity index (χ1n) is 5.16. The first kappa shape index (κ1) is 19.7. The maximum Gasteiger partial charge on any atom is 0.0301 e. The number of rotatable bonds is 5. The van der Waals surface area contributed by atoms with Crippen LogP contribution in [-0.4, -0.2) is 11.1 Å². The van der Waals surface area contributed by atoms with Crippen LogP contribution in [-0.2, 0) is 60.3 Å². The van der Waals surface area contributed by atoms with Crippen molar-refractivity contribution in [2.45, 2.75) is 33.7 Å². The van der Waals surface area contributed by atoms with Crippen LogP contribution in [0.1, 0.15) is 24.6 Å². The molecule has 91 valence electrons. The minimum Gasteiger partial charge on any atom is -0.592 e. The van der Waals surface area contributed by atoms with E-state index in [-0.39, 0.29) is 53.8 Å². The summed E-state index contributed by atoms with van der Waals surface area (Å²) in [6, 6.07) is 3.20. The molecule has 0 fully saturated rings. The van der Waals surface area contributed by atoms with Gasteiger partial charge in [-0.3, -0.25) is 6.20 Å². The molecular weight excluding hydrogens is 461 g/mol. The summed E-state index contributed by atoms with van der Waals surface area (Å²) in [6.45, 7) is 7.51. The topological polar surface area (TPSA) is 53.7 Å². The summed E-state index contributed by atoms with van der Waals surface area (Å²) < 4.78 is 2.05. The van der Waals surface area contributed by atoms with E-state index in [1.54, 1.807) is 0 Å². The van der Waals surface area contributed by atoms with Gasteiger partial charge in [-0.25, -0.2) is 0 Å². The Morgan fingerprint density at radius 1 is 1.47 bits per heavy atom. The standard InChI is InChI=1S/C11H16N4.W.Y/c1-4-11(6-13-14-12)8-15-7-9(2)5-10(15)3;;/h11H,4,6,8H2,1-3H3;;/q-2;;. The zero-order valence-corrected chi connectivity index (χ0v) is 16.2. The van der Waals surface area contributed by atoms with Crippen LogP contribution in [0, 0.1) is 32.0 Å². The predicted molar refractivity (Wildman–Crippen MR) is 59.4 cm³/mol. The van der Waals surface area contributed by atoms with E-state index < -0.39 is 0 Å². The Hall–Kier alpha value is 0.382. The molecule has 0 saturated heterocycles. The molecule has 0 amide bonds. The van der Waals surface area contributed by atoms with Gasteiger partial charge in [-0.2, -0.15) is 0 Å². The van der Waals surface area contributed by atoms with Crippen molar-refractivity contribution in [2.24, 2.45) is 11.0 Å². The molecule has 0 aromatic carbocycles. The van der Waals surface area contributed by atoms with Crippen molar-refractivity contribution in [1.82, 2.24) is 4.57 Å². The second kappa shape index (κ2) is 10.3. The summed E-state index contributed by atoms with van der Waals surface area (Å²) in [6.07, 6.45) is 4.22. The van der Waals surface area contributed by atoms with E-state index in [4.69, 9.17) is 5.53 Å². The van der Waals surface area contributed by atoms with Crippen molar-refractivity contribution in [2.75, 3.05) is 6.54 Å². The molecule has 1 atom stereocenters. The molecule has 0 bridgehead atoms. The quantitative estimate of drug-likeness (QED) is 0.271. The Morgan fingerprint density at radius 3 is 2.53 bits per heavy atom. The average molecular weight is 477 g/mol. The summed E-state index contributed by atoms with van der Waals surface area (Å²) >= 11 is 0. The third-order valence-corrected chi connectivity index (χ3v) is 2.50. The molecule has 0 spiro atoms. The van der Waals surface area contributed by atoms with Crippen LogP contribution < -0.4 is 0 Å². The van der Waals surface area contributed by atoms with Gasteiger partial charge in [0.05, 0.1) is 0 Å². The fourth-order valence-corrected chi connectivity index (χ4v) is 1.56. The fourth-order valence-electron chi connectivity index (χ4n) is 1.56. The van der Waals surface area contributed by atoms with Gasteiger partial charge in [0.2, 0.25) is 0 Å². The average Bonchev–Trinajstić information content (AvgIpc) is 2.52. The normalized spacial score (nSPS) is 10.8. The van der Waals surface area contributed by atoms with Crippen molar-refractivity contribution >= 4 is 0 Å². The Bertz CT molecular complexity index is 372. The molecule has 0 aliphatic heterocycles. The summed E-state index contributed by atoms with van der Waals surface area (Å²) in [4.78, 5) is 2.79. The van der Waals surface area contributed by atoms with E-state index >= 15 is 0 Å². The number of azide groups is 1. The number of aryl methyl sites for hydroxylation is 2. The third-order valence-electron chi connectivity index (χ3n) is 2.50. The van der Waals surface area contributed by atoms with Gasteiger partial charge in [0, 0.05) is 65.2 Å². The molecule has 0 saturated carbocycles. The Kier molecular flexibility index (Phi) is 12.0. The number of nitrogens with zero attached hydrogens (tertiary/aromatic N) is 4.